The van der Waals surface area contributed by atoms with E-state index in [1.54, 1.807) is 18.2 Å². The Morgan fingerprint density at radius 3 is 2.43 bits per heavy atom. The molecule has 0 aliphatic rings. The van der Waals surface area contributed by atoms with Gasteiger partial charge in [-0.3, -0.25) is 0 Å². The highest BCUT2D eigenvalue weighted by Gasteiger charge is 2.17. The number of hydrogen-bond donors (Lipinski definition) is 1. The third-order valence-corrected chi connectivity index (χ3v) is 4.47. The molecule has 0 saturated carbocycles. The van der Waals surface area contributed by atoms with Gasteiger partial charge in [0.1, 0.15) is 5.82 Å². The lowest BCUT2D eigenvalue weighted by Crippen LogP contribution is -1.99. The molecular weight excluding hydrogens is 407 g/mol. The van der Waals surface area contributed by atoms with Crippen LogP contribution in [0, 0.1) is 10.6 Å². The Hall–Kier alpha value is -2.91. The van der Waals surface area contributed by atoms with Gasteiger partial charge in [0.05, 0.1) is 32.6 Å². The molecule has 10 heteroatoms. The second-order valence-electron chi connectivity index (χ2n) is 5.46. The lowest BCUT2D eigenvalue weighted by Gasteiger charge is -2.13. The van der Waals surface area contributed by atoms with Crippen LogP contribution < -0.4 is 14.2 Å². The van der Waals surface area contributed by atoms with Crippen molar-refractivity contribution < 1.29 is 18.6 Å². The molecule has 1 N–H and O–H groups in total. The third kappa shape index (κ3) is 3.71. The van der Waals surface area contributed by atoms with Gasteiger partial charge in [-0.25, -0.2) is 9.49 Å². The number of nitrogens with one attached hydrogen (secondary N) is 1. The molecule has 0 amide bonds. The van der Waals surface area contributed by atoms with E-state index in [-0.39, 0.29) is 15.4 Å². The Morgan fingerprint density at radius 1 is 1.18 bits per heavy atom. The van der Waals surface area contributed by atoms with Gasteiger partial charge in [-0.2, -0.15) is 14.9 Å². The Balaban J connectivity index is 2.12. The second-order valence-corrected chi connectivity index (χ2v) is 6.25. The fourth-order valence-electron chi connectivity index (χ4n) is 2.55. The summed E-state index contributed by atoms with van der Waals surface area (Å²) in [7, 11) is 4.53. The summed E-state index contributed by atoms with van der Waals surface area (Å²) in [6.07, 6.45) is 1.28. The molecule has 0 atom stereocenters. The van der Waals surface area contributed by atoms with Gasteiger partial charge < -0.3 is 14.2 Å². The van der Waals surface area contributed by atoms with E-state index in [1.165, 1.54) is 44.4 Å². The molecule has 2 aromatic carbocycles. The molecule has 1 heterocycles. The fraction of sp³-hybridized carbons (Fsp3) is 0.167. The zero-order chi connectivity index (χ0) is 20.3. The Morgan fingerprint density at radius 2 is 1.86 bits per heavy atom. The highest BCUT2D eigenvalue weighted by atomic mass is 35.5. The van der Waals surface area contributed by atoms with Crippen LogP contribution in [0.25, 0.3) is 11.4 Å². The highest BCUT2D eigenvalue weighted by molar-refractivity contribution is 7.71. The maximum absolute atomic E-state index is 14.0. The van der Waals surface area contributed by atoms with Gasteiger partial charge in [0.2, 0.25) is 10.5 Å². The molecule has 3 aromatic rings. The number of H-pyrrole nitrogens is 1. The van der Waals surface area contributed by atoms with Gasteiger partial charge >= 0.3 is 0 Å². The van der Waals surface area contributed by atoms with E-state index in [0.29, 0.717) is 28.6 Å². The summed E-state index contributed by atoms with van der Waals surface area (Å²) in [5.41, 5.74) is 0.738. The molecule has 146 valence electrons. The fourth-order valence-corrected chi connectivity index (χ4v) is 2.94. The SMILES string of the molecule is COc1cc(-c2n[nH]c(=S)n2/N=C\c2c(F)cccc2Cl)cc(OC)c1OC. The molecule has 0 saturated heterocycles. The van der Waals surface area contributed by atoms with Crippen molar-refractivity contribution in [1.29, 1.82) is 0 Å². The Kier molecular flexibility index (Phi) is 5.96. The van der Waals surface area contributed by atoms with Crippen molar-refractivity contribution in [2.75, 3.05) is 21.3 Å². The lowest BCUT2D eigenvalue weighted by molar-refractivity contribution is 0.324. The molecule has 28 heavy (non-hydrogen) atoms. The Labute approximate surface area is 170 Å². The van der Waals surface area contributed by atoms with Gasteiger partial charge in [0.15, 0.2) is 17.3 Å². The first-order chi connectivity index (χ1) is 13.5. The van der Waals surface area contributed by atoms with Crippen molar-refractivity contribution in [3.63, 3.8) is 0 Å². The van der Waals surface area contributed by atoms with Crippen molar-refractivity contribution in [1.82, 2.24) is 14.9 Å². The molecule has 0 aliphatic carbocycles. The van der Waals surface area contributed by atoms with Gasteiger partial charge in [0, 0.05) is 11.1 Å². The predicted molar refractivity (Wildman–Crippen MR) is 107 cm³/mol. The van der Waals surface area contributed by atoms with Crippen LogP contribution in [0.1, 0.15) is 5.56 Å². The van der Waals surface area contributed by atoms with Gasteiger partial charge in [-0.1, -0.05) is 17.7 Å². The van der Waals surface area contributed by atoms with Crippen molar-refractivity contribution >= 4 is 30.0 Å². The van der Waals surface area contributed by atoms with Gasteiger partial charge in [0.25, 0.3) is 0 Å². The molecule has 7 nitrogen and oxygen atoms in total. The van der Waals surface area contributed by atoms with E-state index in [9.17, 15) is 4.39 Å². The van der Waals surface area contributed by atoms with Crippen LogP contribution >= 0.6 is 23.8 Å². The largest absolute Gasteiger partial charge is 0.493 e. The van der Waals surface area contributed by atoms with Crippen LogP contribution in [0.2, 0.25) is 5.02 Å². The summed E-state index contributed by atoms with van der Waals surface area (Å²) in [4.78, 5) is 0. The number of hydrogen-bond acceptors (Lipinski definition) is 6. The van der Waals surface area contributed by atoms with Crippen molar-refractivity contribution in [3.8, 4) is 28.6 Å². The predicted octanol–water partition coefficient (Wildman–Crippen LogP) is 4.31. The molecule has 0 unspecified atom stereocenters. The molecule has 1 aromatic heterocycles. The smallest absolute Gasteiger partial charge is 0.216 e. The van der Waals surface area contributed by atoms with E-state index in [0.717, 1.165) is 0 Å². The second kappa shape index (κ2) is 8.41. The topological polar surface area (TPSA) is 73.7 Å². The number of aromatic amines is 1. The molecule has 0 spiro atoms. The number of ether oxygens (including phenoxy) is 3. The van der Waals surface area contributed by atoms with Gasteiger partial charge in [-0.15, -0.1) is 0 Å². The Bertz CT molecular complexity index is 1050. The van der Waals surface area contributed by atoms with Crippen molar-refractivity contribution in [2.45, 2.75) is 0 Å². The minimum Gasteiger partial charge on any atom is -0.493 e. The molecule has 0 fully saturated rings. The minimum absolute atomic E-state index is 0.142. The van der Waals surface area contributed by atoms with Crippen LogP contribution in [0.4, 0.5) is 4.39 Å². The molecule has 0 aliphatic heterocycles. The van der Waals surface area contributed by atoms with Crippen LogP contribution in [0.15, 0.2) is 35.4 Å². The standard InChI is InChI=1S/C18H16ClFN4O3S/c1-25-14-7-10(8-15(26-2)16(14)27-3)17-22-23-18(28)24(17)21-9-11-12(19)5-4-6-13(11)20/h4-9H,1-3H3,(H,23,28)/b21-9-. The summed E-state index contributed by atoms with van der Waals surface area (Å²) in [6.45, 7) is 0. The lowest BCUT2D eigenvalue weighted by atomic mass is 10.1. The number of benzene rings is 2. The normalized spacial score (nSPS) is 11.0. The van der Waals surface area contributed by atoms with Crippen LogP contribution in [0.5, 0.6) is 17.2 Å². The van der Waals surface area contributed by atoms with Crippen LogP contribution in [-0.4, -0.2) is 42.4 Å². The average Bonchev–Trinajstić information content (AvgIpc) is 3.06. The van der Waals surface area contributed by atoms with E-state index in [2.05, 4.69) is 15.3 Å². The summed E-state index contributed by atoms with van der Waals surface area (Å²) in [5.74, 6) is 1.20. The summed E-state index contributed by atoms with van der Waals surface area (Å²) in [6, 6.07) is 7.78. The molecule has 0 radical (unpaired) electrons. The molecule has 3 rings (SSSR count). The van der Waals surface area contributed by atoms with E-state index >= 15 is 0 Å². The number of halogens is 2. The quantitative estimate of drug-likeness (QED) is 0.473. The van der Waals surface area contributed by atoms with Gasteiger partial charge in [-0.05, 0) is 36.5 Å². The number of aromatic nitrogens is 3. The van der Waals surface area contributed by atoms with Crippen LogP contribution in [-0.2, 0) is 0 Å². The maximum atomic E-state index is 14.0. The zero-order valence-electron chi connectivity index (χ0n) is 15.2. The van der Waals surface area contributed by atoms with E-state index in [1.807, 2.05) is 0 Å². The maximum Gasteiger partial charge on any atom is 0.216 e. The van der Waals surface area contributed by atoms with Crippen molar-refractivity contribution in [3.05, 3.63) is 51.5 Å². The van der Waals surface area contributed by atoms with Crippen LogP contribution in [0.3, 0.4) is 0 Å². The third-order valence-electron chi connectivity index (χ3n) is 3.88. The number of methoxy groups -OCH3 is 3. The number of rotatable bonds is 6. The number of nitrogens with zero attached hydrogens (tertiary/aromatic N) is 3. The highest BCUT2D eigenvalue weighted by Crippen LogP contribution is 2.40. The van der Waals surface area contributed by atoms with E-state index < -0.39 is 5.82 Å². The first-order valence-corrected chi connectivity index (χ1v) is 8.75. The molecule has 0 bridgehead atoms. The first-order valence-electron chi connectivity index (χ1n) is 7.96. The summed E-state index contributed by atoms with van der Waals surface area (Å²) >= 11 is 11.3. The van der Waals surface area contributed by atoms with Crippen molar-refractivity contribution in [2.24, 2.45) is 5.10 Å². The zero-order valence-corrected chi connectivity index (χ0v) is 16.8. The monoisotopic (exact) mass is 422 g/mol. The van der Waals surface area contributed by atoms with E-state index in [4.69, 9.17) is 38.0 Å². The minimum atomic E-state index is -0.499. The molecular formula is C18H16ClFN4O3S. The first kappa shape index (κ1) is 19.8. The summed E-state index contributed by atoms with van der Waals surface area (Å²) < 4.78 is 31.6. The average molecular weight is 423 g/mol. The summed E-state index contributed by atoms with van der Waals surface area (Å²) in [5, 5.41) is 11.3.